The van der Waals surface area contributed by atoms with Gasteiger partial charge in [0.2, 0.25) is 0 Å². The molecule has 2 nitrogen and oxygen atoms in total. The number of hydrogen-bond acceptors (Lipinski definition) is 1. The molecule has 0 aliphatic rings. The molecule has 0 unspecified atom stereocenters. The van der Waals surface area contributed by atoms with Gasteiger partial charge >= 0.3 is 0 Å². The van der Waals surface area contributed by atoms with Crippen LogP contribution in [0.3, 0.4) is 0 Å². The molecule has 0 bridgehead atoms. The summed E-state index contributed by atoms with van der Waals surface area (Å²) in [6.07, 6.45) is 2.33. The zero-order chi connectivity index (χ0) is 14.9. The molecule has 20 heavy (non-hydrogen) atoms. The lowest BCUT2D eigenvalue weighted by Crippen LogP contribution is -2.36. The number of benzene rings is 1. The maximum Gasteiger partial charge on any atom is 0.0482 e. The predicted molar refractivity (Wildman–Crippen MR) is 88.5 cm³/mol. The van der Waals surface area contributed by atoms with Gasteiger partial charge in [0.25, 0.3) is 0 Å². The minimum atomic E-state index is 0.213. The van der Waals surface area contributed by atoms with Gasteiger partial charge in [-0.1, -0.05) is 11.6 Å². The van der Waals surface area contributed by atoms with Crippen LogP contribution in [-0.4, -0.2) is 16.7 Å². The van der Waals surface area contributed by atoms with E-state index in [0.29, 0.717) is 0 Å². The summed E-state index contributed by atoms with van der Waals surface area (Å²) >= 11 is 0. The lowest BCUT2D eigenvalue weighted by Gasteiger charge is -2.20. The van der Waals surface area contributed by atoms with Gasteiger partial charge in [-0.3, -0.25) is 0 Å². The third-order valence-electron chi connectivity index (χ3n) is 4.04. The third-order valence-corrected chi connectivity index (χ3v) is 4.04. The van der Waals surface area contributed by atoms with E-state index < -0.39 is 0 Å². The van der Waals surface area contributed by atoms with Gasteiger partial charge in [-0.15, -0.1) is 0 Å². The Kier molecular flexibility index (Phi) is 4.24. The molecule has 0 spiro atoms. The third kappa shape index (κ3) is 3.24. The van der Waals surface area contributed by atoms with Gasteiger partial charge in [0.1, 0.15) is 0 Å². The molecule has 110 valence electrons. The van der Waals surface area contributed by atoms with Gasteiger partial charge in [-0.25, -0.2) is 0 Å². The second-order valence-corrected chi connectivity index (χ2v) is 6.92. The molecule has 2 aromatic rings. The average Bonchev–Trinajstić information content (AvgIpc) is 2.57. The van der Waals surface area contributed by atoms with Crippen LogP contribution in [0.5, 0.6) is 0 Å². The summed E-state index contributed by atoms with van der Waals surface area (Å²) in [4.78, 5) is 0. The summed E-state index contributed by atoms with van der Waals surface area (Å²) in [6, 6.07) is 6.77. The van der Waals surface area contributed by atoms with Gasteiger partial charge in [0.15, 0.2) is 0 Å². The average molecular weight is 272 g/mol. The highest BCUT2D eigenvalue weighted by Gasteiger charge is 2.12. The highest BCUT2D eigenvalue weighted by molar-refractivity contribution is 5.86. The SMILES string of the molecule is Cc1ccc2c(c1)c(CCCNC(C)(C)C)c(C)n2C. The first-order valence-corrected chi connectivity index (χ1v) is 7.59. The summed E-state index contributed by atoms with van der Waals surface area (Å²) in [5, 5.41) is 5.00. The van der Waals surface area contributed by atoms with Gasteiger partial charge in [-0.2, -0.15) is 0 Å². The van der Waals surface area contributed by atoms with Crippen molar-refractivity contribution < 1.29 is 0 Å². The van der Waals surface area contributed by atoms with E-state index in [-0.39, 0.29) is 5.54 Å². The summed E-state index contributed by atoms with van der Waals surface area (Å²) in [5.74, 6) is 0. The molecule has 0 atom stereocenters. The zero-order valence-electron chi connectivity index (χ0n) is 13.8. The summed E-state index contributed by atoms with van der Waals surface area (Å²) in [6.45, 7) is 12.2. The first kappa shape index (κ1) is 15.1. The fourth-order valence-corrected chi connectivity index (χ4v) is 2.81. The second-order valence-electron chi connectivity index (χ2n) is 6.92. The molecule has 0 amide bonds. The molecule has 0 saturated heterocycles. The fourth-order valence-electron chi connectivity index (χ4n) is 2.81. The molecule has 0 radical (unpaired) electrons. The quantitative estimate of drug-likeness (QED) is 0.829. The summed E-state index contributed by atoms with van der Waals surface area (Å²) in [7, 11) is 2.17. The maximum absolute atomic E-state index is 3.57. The summed E-state index contributed by atoms with van der Waals surface area (Å²) in [5.41, 5.74) is 5.83. The van der Waals surface area contributed by atoms with Crippen LogP contribution < -0.4 is 5.32 Å². The Hall–Kier alpha value is -1.28. The number of nitrogens with zero attached hydrogens (tertiary/aromatic N) is 1. The Balaban J connectivity index is 2.17. The van der Waals surface area contributed by atoms with Crippen LogP contribution in [0.1, 0.15) is 44.0 Å². The van der Waals surface area contributed by atoms with Gasteiger partial charge in [0, 0.05) is 29.2 Å². The van der Waals surface area contributed by atoms with E-state index >= 15 is 0 Å². The van der Waals surface area contributed by atoms with Gasteiger partial charge in [0.05, 0.1) is 0 Å². The van der Waals surface area contributed by atoms with E-state index in [4.69, 9.17) is 0 Å². The van der Waals surface area contributed by atoms with E-state index in [9.17, 15) is 0 Å². The summed E-state index contributed by atoms with van der Waals surface area (Å²) < 4.78 is 2.32. The van der Waals surface area contributed by atoms with E-state index in [2.05, 4.69) is 69.7 Å². The Bertz CT molecular complexity index is 600. The molecular formula is C18H28N2. The van der Waals surface area contributed by atoms with Crippen molar-refractivity contribution in [3.05, 3.63) is 35.0 Å². The zero-order valence-corrected chi connectivity index (χ0v) is 13.8. The van der Waals surface area contributed by atoms with Gasteiger partial charge < -0.3 is 9.88 Å². The largest absolute Gasteiger partial charge is 0.348 e. The smallest absolute Gasteiger partial charge is 0.0482 e. The minimum absolute atomic E-state index is 0.213. The van der Waals surface area contributed by atoms with Crippen LogP contribution in [0.2, 0.25) is 0 Å². The topological polar surface area (TPSA) is 17.0 Å². The van der Waals surface area contributed by atoms with E-state index in [1.165, 1.54) is 34.1 Å². The predicted octanol–water partition coefficient (Wildman–Crippen LogP) is 4.12. The first-order chi connectivity index (χ1) is 9.29. The minimum Gasteiger partial charge on any atom is -0.348 e. The van der Waals surface area contributed by atoms with Gasteiger partial charge in [-0.05, 0) is 71.7 Å². The van der Waals surface area contributed by atoms with Crippen LogP contribution in [0.25, 0.3) is 10.9 Å². The molecule has 1 heterocycles. The van der Waals surface area contributed by atoms with Crippen molar-refractivity contribution in [2.75, 3.05) is 6.54 Å². The molecule has 2 rings (SSSR count). The van der Waals surface area contributed by atoms with E-state index in [0.717, 1.165) is 13.0 Å². The highest BCUT2D eigenvalue weighted by Crippen LogP contribution is 2.27. The molecule has 1 aromatic heterocycles. The van der Waals surface area contributed by atoms with Crippen LogP contribution in [-0.2, 0) is 13.5 Å². The number of fused-ring (bicyclic) bond motifs is 1. The monoisotopic (exact) mass is 272 g/mol. The fraction of sp³-hybridized carbons (Fsp3) is 0.556. The van der Waals surface area contributed by atoms with Crippen molar-refractivity contribution in [1.29, 1.82) is 0 Å². The molecule has 0 aliphatic heterocycles. The van der Waals surface area contributed by atoms with Crippen molar-refractivity contribution in [2.45, 2.75) is 53.0 Å². The first-order valence-electron chi connectivity index (χ1n) is 7.59. The number of aromatic nitrogens is 1. The molecule has 1 aromatic carbocycles. The molecule has 0 aliphatic carbocycles. The lowest BCUT2D eigenvalue weighted by molar-refractivity contribution is 0.422. The Labute approximate surface area is 123 Å². The second kappa shape index (κ2) is 5.61. The van der Waals surface area contributed by atoms with Crippen LogP contribution in [0.15, 0.2) is 18.2 Å². The molecule has 2 heteroatoms. The number of nitrogens with one attached hydrogen (secondary N) is 1. The van der Waals surface area contributed by atoms with E-state index in [1.807, 2.05) is 0 Å². The van der Waals surface area contributed by atoms with Crippen LogP contribution >= 0.6 is 0 Å². The van der Waals surface area contributed by atoms with Crippen molar-refractivity contribution >= 4 is 10.9 Å². The molecular weight excluding hydrogens is 244 g/mol. The molecule has 1 N–H and O–H groups in total. The standard InChI is InChI=1S/C18H28N2/c1-13-9-10-17-16(12-13)15(14(2)20(17)6)8-7-11-19-18(3,4)5/h9-10,12,19H,7-8,11H2,1-6H3. The normalized spacial score (nSPS) is 12.3. The van der Waals surface area contributed by atoms with Crippen molar-refractivity contribution in [2.24, 2.45) is 7.05 Å². The Morgan fingerprint density at radius 3 is 2.50 bits per heavy atom. The van der Waals surface area contributed by atoms with Crippen LogP contribution in [0, 0.1) is 13.8 Å². The Morgan fingerprint density at radius 2 is 1.85 bits per heavy atom. The highest BCUT2D eigenvalue weighted by atomic mass is 14.9. The maximum atomic E-state index is 3.57. The number of aryl methyl sites for hydroxylation is 3. The van der Waals surface area contributed by atoms with Crippen molar-refractivity contribution in [3.8, 4) is 0 Å². The van der Waals surface area contributed by atoms with Crippen LogP contribution in [0.4, 0.5) is 0 Å². The van der Waals surface area contributed by atoms with E-state index in [1.54, 1.807) is 0 Å². The molecule has 0 fully saturated rings. The Morgan fingerprint density at radius 1 is 1.15 bits per heavy atom. The number of rotatable bonds is 4. The molecule has 0 saturated carbocycles. The van der Waals surface area contributed by atoms with Crippen molar-refractivity contribution in [3.63, 3.8) is 0 Å². The number of hydrogen-bond donors (Lipinski definition) is 1. The lowest BCUT2D eigenvalue weighted by atomic mass is 10.0. The van der Waals surface area contributed by atoms with Crippen molar-refractivity contribution in [1.82, 2.24) is 9.88 Å².